The van der Waals surface area contributed by atoms with Gasteiger partial charge < -0.3 is 9.47 Å². The normalized spacial score (nSPS) is 25.6. The van der Waals surface area contributed by atoms with Crippen molar-refractivity contribution in [3.63, 3.8) is 0 Å². The Kier molecular flexibility index (Phi) is 4.31. The Labute approximate surface area is 161 Å². The highest BCUT2D eigenvalue weighted by atomic mass is 16.2. The van der Waals surface area contributed by atoms with Gasteiger partial charge in [-0.1, -0.05) is 30.3 Å². The van der Waals surface area contributed by atoms with Crippen molar-refractivity contribution in [2.24, 2.45) is 18.9 Å². The first kappa shape index (κ1) is 17.1. The van der Waals surface area contributed by atoms with Crippen LogP contribution in [-0.4, -0.2) is 52.5 Å². The van der Waals surface area contributed by atoms with E-state index in [1.807, 2.05) is 31.3 Å². The first-order valence-electron chi connectivity index (χ1n) is 10.4. The van der Waals surface area contributed by atoms with E-state index in [0.717, 1.165) is 36.0 Å². The van der Waals surface area contributed by atoms with Gasteiger partial charge in [-0.2, -0.15) is 0 Å². The predicted molar refractivity (Wildman–Crippen MR) is 108 cm³/mol. The Balaban J connectivity index is 1.36. The maximum absolute atomic E-state index is 13.4. The van der Waals surface area contributed by atoms with E-state index >= 15 is 0 Å². The molecule has 1 saturated carbocycles. The van der Waals surface area contributed by atoms with Gasteiger partial charge in [-0.3, -0.25) is 9.69 Å². The lowest BCUT2D eigenvalue weighted by atomic mass is 9.95. The quantitative estimate of drug-likeness (QED) is 0.830. The van der Waals surface area contributed by atoms with E-state index in [1.165, 1.54) is 38.8 Å². The second kappa shape index (κ2) is 6.83. The summed E-state index contributed by atoms with van der Waals surface area (Å²) in [5, 5.41) is 0. The first-order valence-corrected chi connectivity index (χ1v) is 10.4. The van der Waals surface area contributed by atoms with Crippen LogP contribution in [0.25, 0.3) is 11.3 Å². The van der Waals surface area contributed by atoms with Crippen LogP contribution in [0.5, 0.6) is 0 Å². The topological polar surface area (TPSA) is 28.5 Å². The lowest BCUT2D eigenvalue weighted by Crippen LogP contribution is -2.45. The number of amides is 1. The van der Waals surface area contributed by atoms with Gasteiger partial charge >= 0.3 is 0 Å². The maximum atomic E-state index is 13.4. The predicted octanol–water partition coefficient (Wildman–Crippen LogP) is 3.64. The molecular weight excluding hydrogens is 334 g/mol. The Morgan fingerprint density at radius 2 is 1.78 bits per heavy atom. The van der Waals surface area contributed by atoms with Crippen LogP contribution in [-0.2, 0) is 7.05 Å². The summed E-state index contributed by atoms with van der Waals surface area (Å²) in [6, 6.07) is 15.0. The molecule has 1 aromatic carbocycles. The van der Waals surface area contributed by atoms with Crippen molar-refractivity contribution < 1.29 is 4.79 Å². The van der Waals surface area contributed by atoms with E-state index in [9.17, 15) is 4.79 Å². The monoisotopic (exact) mass is 363 g/mol. The van der Waals surface area contributed by atoms with Gasteiger partial charge in [0.1, 0.15) is 5.69 Å². The van der Waals surface area contributed by atoms with Crippen LogP contribution in [0.4, 0.5) is 0 Å². The van der Waals surface area contributed by atoms with Crippen LogP contribution >= 0.6 is 0 Å². The molecular formula is C23H29N3O. The summed E-state index contributed by atoms with van der Waals surface area (Å²) < 4.78 is 2.06. The Morgan fingerprint density at radius 1 is 0.963 bits per heavy atom. The number of carbonyl (C=O) groups is 1. The highest BCUT2D eigenvalue weighted by molar-refractivity contribution is 5.94. The molecule has 4 heterocycles. The second-order valence-electron chi connectivity index (χ2n) is 8.73. The zero-order chi connectivity index (χ0) is 18.4. The number of hydrogen-bond acceptors (Lipinski definition) is 2. The average Bonchev–Trinajstić information content (AvgIpc) is 3.48. The van der Waals surface area contributed by atoms with Crippen LogP contribution in [0, 0.1) is 11.8 Å². The third-order valence-corrected chi connectivity index (χ3v) is 6.71. The van der Waals surface area contributed by atoms with Gasteiger partial charge in [0.25, 0.3) is 5.91 Å². The molecule has 4 heteroatoms. The number of fused-ring (bicyclic) bond motifs is 4. The van der Waals surface area contributed by atoms with Crippen LogP contribution < -0.4 is 0 Å². The zero-order valence-corrected chi connectivity index (χ0v) is 16.2. The van der Waals surface area contributed by atoms with Gasteiger partial charge in [0, 0.05) is 45.0 Å². The van der Waals surface area contributed by atoms with E-state index in [2.05, 4.69) is 32.6 Å². The Morgan fingerprint density at radius 3 is 2.56 bits per heavy atom. The molecule has 0 spiro atoms. The van der Waals surface area contributed by atoms with Crippen molar-refractivity contribution in [1.82, 2.24) is 14.4 Å². The standard InChI is InChI=1S/C23H29N3O/c1-24-21(19-5-3-2-4-6-19)11-12-22(24)23(27)26-15-18-9-10-20(16-26)25(14-18)13-17-7-8-17/h2-6,11-12,17-18,20H,7-10,13-16H2,1H3/t18-,20-/m1/s1. The van der Waals surface area contributed by atoms with E-state index in [1.54, 1.807) is 0 Å². The molecule has 1 aliphatic carbocycles. The first-order chi connectivity index (χ1) is 13.2. The summed E-state index contributed by atoms with van der Waals surface area (Å²) in [6.07, 6.45) is 5.34. The molecule has 0 radical (unpaired) electrons. The minimum Gasteiger partial charge on any atom is -0.340 e. The molecule has 2 bridgehead atoms. The smallest absolute Gasteiger partial charge is 0.270 e. The molecule has 1 aromatic heterocycles. The summed E-state index contributed by atoms with van der Waals surface area (Å²) >= 11 is 0. The van der Waals surface area contributed by atoms with Crippen molar-refractivity contribution >= 4 is 5.91 Å². The summed E-state index contributed by atoms with van der Waals surface area (Å²) in [7, 11) is 2.02. The molecule has 6 rings (SSSR count). The molecule has 4 nitrogen and oxygen atoms in total. The largest absolute Gasteiger partial charge is 0.340 e. The molecule has 27 heavy (non-hydrogen) atoms. The van der Waals surface area contributed by atoms with Crippen LogP contribution in [0.15, 0.2) is 42.5 Å². The third-order valence-electron chi connectivity index (χ3n) is 6.71. The minimum atomic E-state index is 0.199. The van der Waals surface area contributed by atoms with Gasteiger partial charge in [0.15, 0.2) is 0 Å². The molecule has 1 amide bonds. The van der Waals surface area contributed by atoms with Gasteiger partial charge in [0.05, 0.1) is 0 Å². The zero-order valence-electron chi connectivity index (χ0n) is 16.2. The molecule has 4 aliphatic rings. The molecule has 0 N–H and O–H groups in total. The fourth-order valence-electron chi connectivity index (χ4n) is 4.99. The summed E-state index contributed by atoms with van der Waals surface area (Å²) in [4.78, 5) is 18.2. The number of rotatable bonds is 4. The molecule has 3 aliphatic heterocycles. The fourth-order valence-corrected chi connectivity index (χ4v) is 4.99. The fraction of sp³-hybridized carbons (Fsp3) is 0.522. The molecule has 3 saturated heterocycles. The average molecular weight is 364 g/mol. The van der Waals surface area contributed by atoms with Crippen molar-refractivity contribution in [1.29, 1.82) is 0 Å². The Hall–Kier alpha value is -2.07. The van der Waals surface area contributed by atoms with Crippen LogP contribution in [0.1, 0.15) is 36.2 Å². The molecule has 2 atom stereocenters. The van der Waals surface area contributed by atoms with E-state index in [-0.39, 0.29) is 5.91 Å². The maximum Gasteiger partial charge on any atom is 0.270 e. The third kappa shape index (κ3) is 3.31. The minimum absolute atomic E-state index is 0.199. The van der Waals surface area contributed by atoms with E-state index in [0.29, 0.717) is 12.0 Å². The van der Waals surface area contributed by atoms with E-state index < -0.39 is 0 Å². The summed E-state index contributed by atoms with van der Waals surface area (Å²) in [5.41, 5.74) is 3.07. The number of nitrogens with zero attached hydrogens (tertiary/aromatic N) is 3. The van der Waals surface area contributed by atoms with Crippen LogP contribution in [0.3, 0.4) is 0 Å². The SMILES string of the molecule is Cn1c(C(=O)N2C[C@@H]3CC[C@H](C2)N(CC2CC2)C3)ccc1-c1ccccc1. The molecule has 142 valence electrons. The van der Waals surface area contributed by atoms with Crippen molar-refractivity contribution in [3.8, 4) is 11.3 Å². The molecule has 2 aromatic rings. The molecule has 4 fully saturated rings. The number of piperidine rings is 1. The van der Waals surface area contributed by atoms with Crippen molar-refractivity contribution in [3.05, 3.63) is 48.2 Å². The van der Waals surface area contributed by atoms with Crippen molar-refractivity contribution in [2.45, 2.75) is 31.7 Å². The number of aromatic nitrogens is 1. The summed E-state index contributed by atoms with van der Waals surface area (Å²) in [6.45, 7) is 4.26. The lowest BCUT2D eigenvalue weighted by Gasteiger charge is -2.36. The van der Waals surface area contributed by atoms with Gasteiger partial charge in [0.2, 0.25) is 0 Å². The summed E-state index contributed by atoms with van der Waals surface area (Å²) in [5.74, 6) is 1.76. The Bertz CT molecular complexity index is 823. The van der Waals surface area contributed by atoms with Crippen LogP contribution in [0.2, 0.25) is 0 Å². The van der Waals surface area contributed by atoms with Gasteiger partial charge in [-0.25, -0.2) is 0 Å². The lowest BCUT2D eigenvalue weighted by molar-refractivity contribution is 0.0727. The highest BCUT2D eigenvalue weighted by Crippen LogP contribution is 2.35. The van der Waals surface area contributed by atoms with Gasteiger partial charge in [-0.05, 0) is 55.2 Å². The number of benzene rings is 1. The molecule has 0 unspecified atom stereocenters. The number of carbonyl (C=O) groups excluding carboxylic acids is 1. The second-order valence-corrected chi connectivity index (χ2v) is 8.73. The van der Waals surface area contributed by atoms with E-state index in [4.69, 9.17) is 0 Å². The van der Waals surface area contributed by atoms with Crippen molar-refractivity contribution in [2.75, 3.05) is 26.2 Å². The van der Waals surface area contributed by atoms with Gasteiger partial charge in [-0.15, -0.1) is 0 Å². The highest BCUT2D eigenvalue weighted by Gasteiger charge is 2.39. The number of hydrogen-bond donors (Lipinski definition) is 0.